The highest BCUT2D eigenvalue weighted by molar-refractivity contribution is 5.84. The first kappa shape index (κ1) is 16.8. The first-order valence-electron chi connectivity index (χ1n) is 7.96. The summed E-state index contributed by atoms with van der Waals surface area (Å²) in [5.41, 5.74) is -0.183. The van der Waals surface area contributed by atoms with Crippen LogP contribution in [0.25, 0.3) is 0 Å². The van der Waals surface area contributed by atoms with Crippen molar-refractivity contribution < 1.29 is 27.9 Å². The highest BCUT2D eigenvalue weighted by atomic mass is 19.4. The molecule has 1 amide bonds. The van der Waals surface area contributed by atoms with Gasteiger partial charge in [-0.1, -0.05) is 18.2 Å². The quantitative estimate of drug-likeness (QED) is 0.919. The number of piperidine rings is 1. The summed E-state index contributed by atoms with van der Waals surface area (Å²) in [6.45, 7) is 0.717. The molecule has 1 heterocycles. The molecule has 1 N–H and O–H groups in total. The van der Waals surface area contributed by atoms with Crippen molar-refractivity contribution in [2.75, 3.05) is 13.1 Å². The number of amides is 1. The van der Waals surface area contributed by atoms with Crippen molar-refractivity contribution in [1.82, 2.24) is 4.90 Å². The zero-order valence-corrected chi connectivity index (χ0v) is 12.9. The maximum atomic E-state index is 12.8. The lowest BCUT2D eigenvalue weighted by Gasteiger charge is -2.31. The molecule has 1 aromatic carbocycles. The Morgan fingerprint density at radius 2 is 2.00 bits per heavy atom. The molecular formula is C17H18F3NO3. The number of nitrogens with zero attached hydrogens (tertiary/aromatic N) is 1. The van der Waals surface area contributed by atoms with Gasteiger partial charge < -0.3 is 10.0 Å². The van der Waals surface area contributed by atoms with Crippen molar-refractivity contribution in [1.29, 1.82) is 0 Å². The van der Waals surface area contributed by atoms with E-state index in [1.54, 1.807) is 11.0 Å². The van der Waals surface area contributed by atoms with Crippen LogP contribution in [0.15, 0.2) is 24.3 Å². The number of hydrogen-bond acceptors (Lipinski definition) is 2. The van der Waals surface area contributed by atoms with Gasteiger partial charge in [-0.2, -0.15) is 13.2 Å². The first-order valence-corrected chi connectivity index (χ1v) is 7.96. The van der Waals surface area contributed by atoms with Crippen LogP contribution in [0.2, 0.25) is 0 Å². The van der Waals surface area contributed by atoms with E-state index in [-0.39, 0.29) is 24.3 Å². The van der Waals surface area contributed by atoms with E-state index in [0.717, 1.165) is 12.1 Å². The van der Waals surface area contributed by atoms with Crippen molar-refractivity contribution in [2.45, 2.75) is 31.4 Å². The van der Waals surface area contributed by atoms with Gasteiger partial charge in [0.1, 0.15) is 0 Å². The number of benzene rings is 1. The van der Waals surface area contributed by atoms with Crippen LogP contribution in [0.1, 0.15) is 36.3 Å². The average molecular weight is 341 g/mol. The minimum absolute atomic E-state index is 0.136. The number of likely N-dealkylation sites (tertiary alicyclic amines) is 1. The SMILES string of the molecule is O=C(O)C1CCCN(C(=O)C2CC2c2cccc(C(F)(F)F)c2)C1. The number of carbonyl (C=O) groups excluding carboxylic acids is 1. The summed E-state index contributed by atoms with van der Waals surface area (Å²) in [7, 11) is 0. The molecule has 0 bridgehead atoms. The third kappa shape index (κ3) is 3.39. The molecule has 1 aliphatic carbocycles. The predicted octanol–water partition coefficient (Wildman–Crippen LogP) is 3.13. The number of aliphatic carboxylic acids is 1. The Morgan fingerprint density at radius 1 is 1.25 bits per heavy atom. The summed E-state index contributed by atoms with van der Waals surface area (Å²) < 4.78 is 38.4. The molecule has 7 heteroatoms. The maximum absolute atomic E-state index is 12.8. The van der Waals surface area contributed by atoms with Crippen LogP contribution >= 0.6 is 0 Å². The van der Waals surface area contributed by atoms with Crippen molar-refractivity contribution in [3.8, 4) is 0 Å². The van der Waals surface area contributed by atoms with E-state index in [9.17, 15) is 22.8 Å². The molecule has 0 aromatic heterocycles. The van der Waals surface area contributed by atoms with Gasteiger partial charge in [0.15, 0.2) is 0 Å². The second-order valence-corrected chi connectivity index (χ2v) is 6.53. The van der Waals surface area contributed by atoms with Crippen LogP contribution in [0.4, 0.5) is 13.2 Å². The van der Waals surface area contributed by atoms with E-state index >= 15 is 0 Å². The average Bonchev–Trinajstić information content (AvgIpc) is 3.34. The van der Waals surface area contributed by atoms with Gasteiger partial charge in [0, 0.05) is 19.0 Å². The molecule has 1 saturated heterocycles. The summed E-state index contributed by atoms with van der Waals surface area (Å²) in [6.07, 6.45) is -2.68. The topological polar surface area (TPSA) is 57.6 Å². The van der Waals surface area contributed by atoms with Crippen LogP contribution in [0.5, 0.6) is 0 Å². The van der Waals surface area contributed by atoms with Crippen molar-refractivity contribution in [3.05, 3.63) is 35.4 Å². The van der Waals surface area contributed by atoms with Gasteiger partial charge in [-0.25, -0.2) is 0 Å². The van der Waals surface area contributed by atoms with Crippen LogP contribution < -0.4 is 0 Å². The fourth-order valence-corrected chi connectivity index (χ4v) is 3.40. The molecule has 2 fully saturated rings. The zero-order chi connectivity index (χ0) is 17.5. The smallest absolute Gasteiger partial charge is 0.416 e. The molecule has 4 nitrogen and oxygen atoms in total. The van der Waals surface area contributed by atoms with Crippen molar-refractivity contribution in [3.63, 3.8) is 0 Å². The van der Waals surface area contributed by atoms with Crippen LogP contribution in [0.3, 0.4) is 0 Å². The van der Waals surface area contributed by atoms with Crippen molar-refractivity contribution >= 4 is 11.9 Å². The Bertz CT molecular complexity index is 659. The van der Waals surface area contributed by atoms with Gasteiger partial charge in [-0.15, -0.1) is 0 Å². The molecule has 2 aliphatic rings. The maximum Gasteiger partial charge on any atom is 0.416 e. The van der Waals surface area contributed by atoms with Gasteiger partial charge in [-0.05, 0) is 36.8 Å². The monoisotopic (exact) mass is 341 g/mol. The number of alkyl halides is 3. The lowest BCUT2D eigenvalue weighted by atomic mass is 9.97. The standard InChI is InChI=1S/C17H18F3NO3/c18-17(19,20)12-5-1-3-10(7-12)13-8-14(13)15(22)21-6-2-4-11(9-21)16(23)24/h1,3,5,7,11,13-14H,2,4,6,8-9H2,(H,23,24). The third-order valence-electron chi connectivity index (χ3n) is 4.83. The summed E-state index contributed by atoms with van der Waals surface area (Å²) in [6, 6.07) is 5.10. The van der Waals surface area contributed by atoms with Gasteiger partial charge in [0.2, 0.25) is 5.91 Å². The Hall–Kier alpha value is -2.05. The van der Waals surface area contributed by atoms with Crippen LogP contribution in [0, 0.1) is 11.8 Å². The van der Waals surface area contributed by atoms with E-state index in [1.165, 1.54) is 6.07 Å². The Kier molecular flexibility index (Phi) is 4.27. The number of carboxylic acids is 1. The molecule has 24 heavy (non-hydrogen) atoms. The fraction of sp³-hybridized carbons (Fsp3) is 0.529. The molecule has 3 atom stereocenters. The van der Waals surface area contributed by atoms with Gasteiger partial charge in [0.05, 0.1) is 11.5 Å². The second-order valence-electron chi connectivity index (χ2n) is 6.53. The molecule has 3 unspecified atom stereocenters. The highest BCUT2D eigenvalue weighted by Gasteiger charge is 2.47. The lowest BCUT2D eigenvalue weighted by Crippen LogP contribution is -2.43. The molecule has 0 radical (unpaired) electrons. The van der Waals surface area contributed by atoms with Gasteiger partial charge >= 0.3 is 12.1 Å². The third-order valence-corrected chi connectivity index (χ3v) is 4.83. The second kappa shape index (κ2) is 6.11. The van der Waals surface area contributed by atoms with Gasteiger partial charge in [0.25, 0.3) is 0 Å². The Labute approximate surface area is 137 Å². The van der Waals surface area contributed by atoms with E-state index in [2.05, 4.69) is 0 Å². The minimum atomic E-state index is -4.40. The van der Waals surface area contributed by atoms with Crippen LogP contribution in [-0.4, -0.2) is 35.0 Å². The number of rotatable bonds is 3. The number of carboxylic acid groups (broad SMARTS) is 1. The lowest BCUT2D eigenvalue weighted by molar-refractivity contribution is -0.146. The molecular weight excluding hydrogens is 323 g/mol. The Morgan fingerprint density at radius 3 is 2.67 bits per heavy atom. The van der Waals surface area contributed by atoms with Crippen LogP contribution in [-0.2, 0) is 15.8 Å². The minimum Gasteiger partial charge on any atom is -0.481 e. The summed E-state index contributed by atoms with van der Waals surface area (Å²) in [5.74, 6) is -2.12. The summed E-state index contributed by atoms with van der Waals surface area (Å²) in [5, 5.41) is 9.08. The summed E-state index contributed by atoms with van der Waals surface area (Å²) in [4.78, 5) is 25.1. The van der Waals surface area contributed by atoms with E-state index < -0.39 is 23.6 Å². The molecule has 1 aliphatic heterocycles. The van der Waals surface area contributed by atoms with Crippen molar-refractivity contribution in [2.24, 2.45) is 11.8 Å². The number of hydrogen-bond donors (Lipinski definition) is 1. The summed E-state index contributed by atoms with van der Waals surface area (Å²) >= 11 is 0. The number of halogens is 3. The fourth-order valence-electron chi connectivity index (χ4n) is 3.40. The Balaban J connectivity index is 1.67. The van der Waals surface area contributed by atoms with E-state index in [4.69, 9.17) is 5.11 Å². The van der Waals surface area contributed by atoms with Gasteiger partial charge in [-0.3, -0.25) is 9.59 Å². The molecule has 130 valence electrons. The normalized spacial score (nSPS) is 27.0. The largest absolute Gasteiger partial charge is 0.481 e. The van der Waals surface area contributed by atoms with E-state index in [1.807, 2.05) is 0 Å². The zero-order valence-electron chi connectivity index (χ0n) is 12.9. The predicted molar refractivity (Wildman–Crippen MR) is 79.2 cm³/mol. The number of carbonyl (C=O) groups is 2. The molecule has 1 aromatic rings. The highest BCUT2D eigenvalue weighted by Crippen LogP contribution is 2.49. The molecule has 1 saturated carbocycles. The molecule has 0 spiro atoms. The van der Waals surface area contributed by atoms with E-state index in [0.29, 0.717) is 31.4 Å². The molecule has 3 rings (SSSR count). The first-order chi connectivity index (χ1) is 11.3.